The lowest BCUT2D eigenvalue weighted by Crippen LogP contribution is -2.32. The Morgan fingerprint density at radius 3 is 2.76 bits per heavy atom. The average Bonchev–Trinajstić information content (AvgIpc) is 3.34. The van der Waals surface area contributed by atoms with Crippen molar-refractivity contribution in [3.63, 3.8) is 0 Å². The van der Waals surface area contributed by atoms with Crippen molar-refractivity contribution in [2.75, 3.05) is 26.2 Å². The van der Waals surface area contributed by atoms with Gasteiger partial charge in [-0.25, -0.2) is 0 Å². The summed E-state index contributed by atoms with van der Waals surface area (Å²) in [6.07, 6.45) is 12.8. The molecule has 1 saturated carbocycles. The van der Waals surface area contributed by atoms with Crippen LogP contribution in [0.5, 0.6) is 0 Å². The molecule has 0 aromatic carbocycles. The van der Waals surface area contributed by atoms with Gasteiger partial charge in [-0.05, 0) is 52.1 Å². The zero-order valence-electron chi connectivity index (χ0n) is 15.8. The quantitative estimate of drug-likeness (QED) is 0.860. The highest BCUT2D eigenvalue weighted by molar-refractivity contribution is 5.15. The zero-order valence-corrected chi connectivity index (χ0v) is 15.8. The highest BCUT2D eigenvalue weighted by Crippen LogP contribution is 2.40. The lowest BCUT2D eigenvalue weighted by atomic mass is 9.96. The second-order valence-corrected chi connectivity index (χ2v) is 8.39. The maximum absolute atomic E-state index is 6.15. The van der Waals surface area contributed by atoms with Gasteiger partial charge in [0, 0.05) is 30.9 Å². The first-order valence-corrected chi connectivity index (χ1v) is 10.4. The van der Waals surface area contributed by atoms with Crippen LogP contribution in [-0.4, -0.2) is 52.6 Å². The molecule has 1 spiro atoms. The van der Waals surface area contributed by atoms with E-state index in [-0.39, 0.29) is 5.60 Å². The van der Waals surface area contributed by atoms with Gasteiger partial charge < -0.3 is 15.0 Å². The van der Waals surface area contributed by atoms with Gasteiger partial charge in [0.15, 0.2) is 0 Å². The molecule has 1 aliphatic carbocycles. The Hall–Kier alpha value is -0.910. The molecule has 140 valence electrons. The summed E-state index contributed by atoms with van der Waals surface area (Å²) in [5.74, 6) is 0. The summed E-state index contributed by atoms with van der Waals surface area (Å²) in [5, 5.41) is 8.45. The van der Waals surface area contributed by atoms with E-state index in [2.05, 4.69) is 28.0 Å². The SMILES string of the molecule is Cc1nn(CCN2CCCCC2)cc1CNC1COC2(CCCC2)C1. The Balaban J connectivity index is 1.24. The van der Waals surface area contributed by atoms with Crippen LogP contribution in [-0.2, 0) is 17.8 Å². The zero-order chi connectivity index (χ0) is 17.1. The predicted octanol–water partition coefficient (Wildman–Crippen LogP) is 2.87. The molecule has 3 heterocycles. The Labute approximate surface area is 152 Å². The molecular formula is C20H34N4O. The van der Waals surface area contributed by atoms with Crippen LogP contribution in [0, 0.1) is 6.92 Å². The van der Waals surface area contributed by atoms with E-state index in [1.165, 1.54) is 75.7 Å². The van der Waals surface area contributed by atoms with Gasteiger partial charge >= 0.3 is 0 Å². The van der Waals surface area contributed by atoms with Crippen molar-refractivity contribution in [1.29, 1.82) is 0 Å². The Kier molecular flexibility index (Phi) is 5.44. The number of aryl methyl sites for hydroxylation is 1. The van der Waals surface area contributed by atoms with Gasteiger partial charge in [-0.15, -0.1) is 0 Å². The molecule has 2 saturated heterocycles. The van der Waals surface area contributed by atoms with Crippen LogP contribution in [0.15, 0.2) is 6.20 Å². The van der Waals surface area contributed by atoms with Crippen LogP contribution in [0.4, 0.5) is 0 Å². The smallest absolute Gasteiger partial charge is 0.0699 e. The first-order chi connectivity index (χ1) is 12.2. The summed E-state index contributed by atoms with van der Waals surface area (Å²) in [6.45, 7) is 8.60. The van der Waals surface area contributed by atoms with Crippen molar-refractivity contribution in [3.05, 3.63) is 17.5 Å². The molecule has 5 nitrogen and oxygen atoms in total. The molecular weight excluding hydrogens is 312 g/mol. The monoisotopic (exact) mass is 346 g/mol. The Morgan fingerprint density at radius 2 is 1.96 bits per heavy atom. The molecule has 5 heteroatoms. The summed E-state index contributed by atoms with van der Waals surface area (Å²) in [5.41, 5.74) is 2.72. The van der Waals surface area contributed by atoms with E-state index in [4.69, 9.17) is 9.84 Å². The minimum Gasteiger partial charge on any atom is -0.373 e. The number of nitrogens with one attached hydrogen (secondary N) is 1. The van der Waals surface area contributed by atoms with Crippen molar-refractivity contribution in [1.82, 2.24) is 20.0 Å². The van der Waals surface area contributed by atoms with Crippen LogP contribution < -0.4 is 5.32 Å². The third-order valence-corrected chi connectivity index (χ3v) is 6.45. The normalized spacial score (nSPS) is 26.7. The molecule has 1 aromatic rings. The van der Waals surface area contributed by atoms with E-state index < -0.39 is 0 Å². The number of rotatable bonds is 6. The van der Waals surface area contributed by atoms with Crippen LogP contribution in [0.25, 0.3) is 0 Å². The number of nitrogens with zero attached hydrogens (tertiary/aromatic N) is 3. The fourth-order valence-corrected chi connectivity index (χ4v) is 4.87. The lowest BCUT2D eigenvalue weighted by Gasteiger charge is -2.26. The highest BCUT2D eigenvalue weighted by atomic mass is 16.5. The van der Waals surface area contributed by atoms with Crippen LogP contribution in [0.3, 0.4) is 0 Å². The number of piperidine rings is 1. The van der Waals surface area contributed by atoms with Crippen molar-refractivity contribution in [2.24, 2.45) is 0 Å². The topological polar surface area (TPSA) is 42.3 Å². The number of hydrogen-bond donors (Lipinski definition) is 1. The van der Waals surface area contributed by atoms with Gasteiger partial charge in [0.25, 0.3) is 0 Å². The molecule has 1 unspecified atom stereocenters. The van der Waals surface area contributed by atoms with Crippen molar-refractivity contribution in [2.45, 2.75) is 83.0 Å². The van der Waals surface area contributed by atoms with Crippen molar-refractivity contribution in [3.8, 4) is 0 Å². The fourth-order valence-electron chi connectivity index (χ4n) is 4.87. The minimum absolute atomic E-state index is 0.214. The highest BCUT2D eigenvalue weighted by Gasteiger charge is 2.42. The van der Waals surface area contributed by atoms with E-state index in [0.29, 0.717) is 6.04 Å². The van der Waals surface area contributed by atoms with Gasteiger partial charge in [0.05, 0.1) is 24.4 Å². The molecule has 1 atom stereocenters. The summed E-state index contributed by atoms with van der Waals surface area (Å²) in [6, 6.07) is 0.509. The van der Waals surface area contributed by atoms with Gasteiger partial charge in [0.2, 0.25) is 0 Å². The van der Waals surface area contributed by atoms with Crippen LogP contribution in [0.1, 0.15) is 62.6 Å². The standard InChI is InChI=1S/C20H34N4O/c1-17-18(14-21-19-13-20(25-16-19)7-3-4-8-20)15-24(22-17)12-11-23-9-5-2-6-10-23/h15,19,21H,2-14,16H2,1H3. The van der Waals surface area contributed by atoms with E-state index in [1.807, 2.05) is 0 Å². The molecule has 3 fully saturated rings. The molecule has 4 rings (SSSR count). The largest absolute Gasteiger partial charge is 0.373 e. The third kappa shape index (κ3) is 4.26. The Bertz CT molecular complexity index is 558. The molecule has 1 aromatic heterocycles. The maximum atomic E-state index is 6.15. The summed E-state index contributed by atoms with van der Waals surface area (Å²) < 4.78 is 8.30. The molecule has 0 bridgehead atoms. The molecule has 0 amide bonds. The molecule has 0 radical (unpaired) electrons. The number of aromatic nitrogens is 2. The lowest BCUT2D eigenvalue weighted by molar-refractivity contribution is 0.00989. The van der Waals surface area contributed by atoms with E-state index in [0.717, 1.165) is 26.2 Å². The fraction of sp³-hybridized carbons (Fsp3) is 0.850. The van der Waals surface area contributed by atoms with Crippen LogP contribution in [0.2, 0.25) is 0 Å². The molecule has 1 N–H and O–H groups in total. The van der Waals surface area contributed by atoms with Gasteiger partial charge in [0.1, 0.15) is 0 Å². The number of hydrogen-bond acceptors (Lipinski definition) is 4. The average molecular weight is 347 g/mol. The van der Waals surface area contributed by atoms with E-state index in [1.54, 1.807) is 0 Å². The van der Waals surface area contributed by atoms with E-state index >= 15 is 0 Å². The first-order valence-electron chi connectivity index (χ1n) is 10.4. The summed E-state index contributed by atoms with van der Waals surface area (Å²) in [4.78, 5) is 2.58. The molecule has 3 aliphatic rings. The predicted molar refractivity (Wildman–Crippen MR) is 99.7 cm³/mol. The van der Waals surface area contributed by atoms with Crippen molar-refractivity contribution < 1.29 is 4.74 Å². The first kappa shape index (κ1) is 17.5. The third-order valence-electron chi connectivity index (χ3n) is 6.45. The Morgan fingerprint density at radius 1 is 1.16 bits per heavy atom. The molecule has 2 aliphatic heterocycles. The van der Waals surface area contributed by atoms with E-state index in [9.17, 15) is 0 Å². The molecule has 25 heavy (non-hydrogen) atoms. The summed E-state index contributed by atoms with van der Waals surface area (Å²) in [7, 11) is 0. The maximum Gasteiger partial charge on any atom is 0.0699 e. The van der Waals surface area contributed by atoms with Gasteiger partial charge in [-0.1, -0.05) is 19.3 Å². The van der Waals surface area contributed by atoms with Crippen LogP contribution >= 0.6 is 0 Å². The van der Waals surface area contributed by atoms with Gasteiger partial charge in [-0.3, -0.25) is 4.68 Å². The number of likely N-dealkylation sites (tertiary alicyclic amines) is 1. The minimum atomic E-state index is 0.214. The van der Waals surface area contributed by atoms with Crippen molar-refractivity contribution >= 4 is 0 Å². The second-order valence-electron chi connectivity index (χ2n) is 8.39. The summed E-state index contributed by atoms with van der Waals surface area (Å²) >= 11 is 0. The second kappa shape index (κ2) is 7.77. The van der Waals surface area contributed by atoms with Gasteiger partial charge in [-0.2, -0.15) is 5.10 Å². The number of ether oxygens (including phenoxy) is 1.